The number of carboxylic acid groups (broad SMARTS) is 1. The van der Waals surface area contributed by atoms with Crippen molar-refractivity contribution < 1.29 is 9.90 Å². The molecule has 1 heterocycles. The van der Waals surface area contributed by atoms with E-state index in [0.29, 0.717) is 13.0 Å². The Kier molecular flexibility index (Phi) is 2.54. The monoisotopic (exact) mass is 203 g/mol. The lowest BCUT2D eigenvalue weighted by Crippen LogP contribution is -2.27. The summed E-state index contributed by atoms with van der Waals surface area (Å²) in [5, 5.41) is 11.0. The van der Waals surface area contributed by atoms with E-state index in [-0.39, 0.29) is 0 Å². The summed E-state index contributed by atoms with van der Waals surface area (Å²) in [7, 11) is 0. The largest absolute Gasteiger partial charge is 0.481 e. The van der Waals surface area contributed by atoms with Gasteiger partial charge in [-0.25, -0.2) is 0 Å². The molecule has 0 bridgehead atoms. The van der Waals surface area contributed by atoms with Crippen molar-refractivity contribution >= 4 is 11.5 Å². The molecule has 1 aromatic rings. The minimum Gasteiger partial charge on any atom is -0.481 e. The molecule has 15 heavy (non-hydrogen) atoms. The molecule has 0 unspecified atom stereocenters. The van der Waals surface area contributed by atoms with Crippen LogP contribution in [0.5, 0.6) is 0 Å². The fraction of sp³-hybridized carbons (Fsp3) is 0.333. The van der Waals surface area contributed by atoms with Crippen LogP contribution in [0.15, 0.2) is 29.3 Å². The molecule has 0 fully saturated rings. The Morgan fingerprint density at radius 2 is 2.27 bits per heavy atom. The van der Waals surface area contributed by atoms with Gasteiger partial charge in [0.15, 0.2) is 0 Å². The molecule has 2 rings (SSSR count). The van der Waals surface area contributed by atoms with Crippen LogP contribution >= 0.6 is 0 Å². The van der Waals surface area contributed by atoms with Gasteiger partial charge in [-0.3, -0.25) is 9.79 Å². The van der Waals surface area contributed by atoms with E-state index in [9.17, 15) is 4.79 Å². The van der Waals surface area contributed by atoms with Gasteiger partial charge in [-0.05, 0) is 18.1 Å². The molecule has 0 aliphatic carbocycles. The summed E-state index contributed by atoms with van der Waals surface area (Å²) in [5.74, 6) is -1.14. The standard InChI is InChI=1S/C12H13NO2/c1-2-8(12(14)15)10-7-13-11-6-4-3-5-9(10)11/h3-6,8H,2,7H2,1H3,(H,14,15)/t8-/m1/s1. The van der Waals surface area contributed by atoms with Gasteiger partial charge in [-0.2, -0.15) is 0 Å². The number of carbonyl (C=O) groups is 1. The smallest absolute Gasteiger partial charge is 0.310 e. The van der Waals surface area contributed by atoms with E-state index in [1.54, 1.807) is 0 Å². The highest BCUT2D eigenvalue weighted by Gasteiger charge is 2.22. The van der Waals surface area contributed by atoms with Gasteiger partial charge in [-0.1, -0.05) is 25.1 Å². The lowest BCUT2D eigenvalue weighted by atomic mass is 9.95. The third-order valence-corrected chi connectivity index (χ3v) is 2.80. The highest BCUT2D eigenvalue weighted by atomic mass is 16.4. The normalized spacial score (nSPS) is 15.7. The molecule has 1 N–H and O–H groups in total. The number of carboxylic acids is 1. The molecular weight excluding hydrogens is 190 g/mol. The molecule has 0 aromatic heterocycles. The van der Waals surface area contributed by atoms with E-state index in [2.05, 4.69) is 4.99 Å². The Hall–Kier alpha value is -1.64. The van der Waals surface area contributed by atoms with Crippen LogP contribution in [0.3, 0.4) is 0 Å². The van der Waals surface area contributed by atoms with Gasteiger partial charge < -0.3 is 5.11 Å². The Morgan fingerprint density at radius 1 is 1.53 bits per heavy atom. The molecule has 1 aromatic carbocycles. The average molecular weight is 203 g/mol. The summed E-state index contributed by atoms with van der Waals surface area (Å²) in [6.07, 6.45) is 0.620. The molecule has 78 valence electrons. The number of rotatable bonds is 3. The van der Waals surface area contributed by atoms with E-state index < -0.39 is 11.9 Å². The van der Waals surface area contributed by atoms with E-state index in [1.807, 2.05) is 31.2 Å². The minimum absolute atomic E-state index is 0.391. The molecule has 0 saturated heterocycles. The second-order valence-corrected chi connectivity index (χ2v) is 3.66. The highest BCUT2D eigenvalue weighted by Crippen LogP contribution is 2.16. The summed E-state index contributed by atoms with van der Waals surface area (Å²) < 4.78 is 0. The van der Waals surface area contributed by atoms with E-state index in [4.69, 9.17) is 5.11 Å². The second-order valence-electron chi connectivity index (χ2n) is 3.66. The maximum absolute atomic E-state index is 11.1. The molecule has 3 nitrogen and oxygen atoms in total. The topological polar surface area (TPSA) is 49.7 Å². The number of hydrogen-bond acceptors (Lipinski definition) is 2. The van der Waals surface area contributed by atoms with Gasteiger partial charge in [0.2, 0.25) is 0 Å². The van der Waals surface area contributed by atoms with Crippen molar-refractivity contribution in [3.05, 3.63) is 34.8 Å². The van der Waals surface area contributed by atoms with Crippen molar-refractivity contribution in [1.82, 2.24) is 0 Å². The van der Waals surface area contributed by atoms with Crippen LogP contribution in [0.1, 0.15) is 13.3 Å². The number of benzene rings is 1. The summed E-state index contributed by atoms with van der Waals surface area (Å²) in [6.45, 7) is 2.43. The second kappa shape index (κ2) is 3.85. The fourth-order valence-electron chi connectivity index (χ4n) is 2.01. The van der Waals surface area contributed by atoms with Gasteiger partial charge in [0.1, 0.15) is 0 Å². The van der Waals surface area contributed by atoms with E-state index >= 15 is 0 Å². The SMILES string of the molecule is CC[C@@H](C(=O)O)C1=c2ccccc2=NC1. The number of hydrogen-bond donors (Lipinski definition) is 1. The molecule has 0 saturated carbocycles. The Labute approximate surface area is 87.8 Å². The van der Waals surface area contributed by atoms with Crippen LogP contribution < -0.4 is 10.6 Å². The van der Waals surface area contributed by atoms with Crippen LogP contribution in [0.2, 0.25) is 0 Å². The zero-order valence-corrected chi connectivity index (χ0v) is 8.60. The van der Waals surface area contributed by atoms with Crippen molar-refractivity contribution in [3.63, 3.8) is 0 Å². The predicted molar refractivity (Wildman–Crippen MR) is 56.9 cm³/mol. The summed E-state index contributed by atoms with van der Waals surface area (Å²) in [4.78, 5) is 15.4. The lowest BCUT2D eigenvalue weighted by Gasteiger charge is -2.09. The van der Waals surface area contributed by atoms with E-state index in [0.717, 1.165) is 16.1 Å². The van der Waals surface area contributed by atoms with Gasteiger partial charge in [-0.15, -0.1) is 0 Å². The van der Waals surface area contributed by atoms with Gasteiger partial charge >= 0.3 is 5.97 Å². The molecule has 1 aliphatic rings. The number of nitrogens with zero attached hydrogens (tertiary/aromatic N) is 1. The number of fused-ring (bicyclic) bond motifs is 1. The van der Waals surface area contributed by atoms with Crippen molar-refractivity contribution in [2.24, 2.45) is 10.9 Å². The van der Waals surface area contributed by atoms with Crippen LogP contribution in [-0.2, 0) is 4.79 Å². The van der Waals surface area contributed by atoms with Gasteiger partial charge in [0, 0.05) is 5.22 Å². The molecule has 0 spiro atoms. The first-order valence-electron chi connectivity index (χ1n) is 5.09. The summed E-state index contributed by atoms with van der Waals surface area (Å²) in [5.41, 5.74) is 0.945. The lowest BCUT2D eigenvalue weighted by molar-refractivity contribution is -0.139. The maximum atomic E-state index is 11.1. The third kappa shape index (κ3) is 1.65. The number of aliphatic carboxylic acids is 1. The molecule has 1 atom stereocenters. The van der Waals surface area contributed by atoms with Crippen molar-refractivity contribution in [2.45, 2.75) is 13.3 Å². The maximum Gasteiger partial charge on any atom is 0.310 e. The van der Waals surface area contributed by atoms with Gasteiger partial charge in [0.25, 0.3) is 0 Å². The van der Waals surface area contributed by atoms with Crippen molar-refractivity contribution in [3.8, 4) is 0 Å². The Morgan fingerprint density at radius 3 is 2.93 bits per heavy atom. The zero-order valence-electron chi connectivity index (χ0n) is 8.60. The summed E-state index contributed by atoms with van der Waals surface area (Å²) >= 11 is 0. The zero-order chi connectivity index (χ0) is 10.8. The Balaban J connectivity index is 2.58. The average Bonchev–Trinajstić information content (AvgIpc) is 2.63. The predicted octanol–water partition coefficient (Wildman–Crippen LogP) is 0.581. The first kappa shape index (κ1) is 9.90. The van der Waals surface area contributed by atoms with Crippen LogP contribution in [0.4, 0.5) is 0 Å². The molecule has 1 aliphatic heterocycles. The minimum atomic E-state index is -0.751. The molecule has 3 heteroatoms. The van der Waals surface area contributed by atoms with Crippen LogP contribution in [-0.4, -0.2) is 17.6 Å². The van der Waals surface area contributed by atoms with Crippen LogP contribution in [0.25, 0.3) is 5.57 Å². The molecule has 0 amide bonds. The molecule has 0 radical (unpaired) electrons. The van der Waals surface area contributed by atoms with Crippen LogP contribution in [0, 0.1) is 5.92 Å². The van der Waals surface area contributed by atoms with E-state index in [1.165, 1.54) is 0 Å². The fourth-order valence-corrected chi connectivity index (χ4v) is 2.01. The summed E-state index contributed by atoms with van der Waals surface area (Å²) in [6, 6.07) is 7.73. The highest BCUT2D eigenvalue weighted by molar-refractivity contribution is 5.82. The number of para-hydroxylation sites is 1. The van der Waals surface area contributed by atoms with Gasteiger partial charge in [0.05, 0.1) is 17.8 Å². The van der Waals surface area contributed by atoms with Crippen molar-refractivity contribution in [2.75, 3.05) is 6.54 Å². The third-order valence-electron chi connectivity index (χ3n) is 2.80. The Bertz CT molecular complexity index is 505. The molecular formula is C12H13NO2. The van der Waals surface area contributed by atoms with Crippen molar-refractivity contribution in [1.29, 1.82) is 0 Å². The first-order valence-corrected chi connectivity index (χ1v) is 5.09. The quantitative estimate of drug-likeness (QED) is 0.781. The first-order chi connectivity index (χ1) is 7.24.